The molecule has 0 saturated carbocycles. The zero-order chi connectivity index (χ0) is 14.5. The first kappa shape index (κ1) is 15.7. The van der Waals surface area contributed by atoms with E-state index in [1.165, 1.54) is 11.1 Å². The van der Waals surface area contributed by atoms with Gasteiger partial charge in [0.25, 0.3) is 0 Å². The van der Waals surface area contributed by atoms with E-state index in [1.807, 2.05) is 26.0 Å². The Morgan fingerprint density at radius 2 is 1.95 bits per heavy atom. The molecule has 0 heterocycles. The van der Waals surface area contributed by atoms with Crippen molar-refractivity contribution in [2.45, 2.75) is 40.5 Å². The molecule has 0 spiro atoms. The van der Waals surface area contributed by atoms with E-state index in [1.54, 1.807) is 0 Å². The quantitative estimate of drug-likeness (QED) is 0.828. The second-order valence-corrected chi connectivity index (χ2v) is 6.01. The highest BCUT2D eigenvalue weighted by Gasteiger charge is 2.18. The highest BCUT2D eigenvalue weighted by molar-refractivity contribution is 5.78. The molecule has 0 aliphatic heterocycles. The summed E-state index contributed by atoms with van der Waals surface area (Å²) in [5.74, 6) is 0.0364. The Morgan fingerprint density at radius 1 is 1.26 bits per heavy atom. The molecule has 2 N–H and O–H groups in total. The lowest BCUT2D eigenvalue weighted by Gasteiger charge is -2.23. The molecule has 1 rings (SSSR count). The van der Waals surface area contributed by atoms with Crippen LogP contribution in [-0.4, -0.2) is 24.2 Å². The molecular weight excluding hydrogens is 238 g/mol. The first-order valence-corrected chi connectivity index (χ1v) is 6.78. The summed E-state index contributed by atoms with van der Waals surface area (Å²) in [5.41, 5.74) is 3.44. The largest absolute Gasteiger partial charge is 0.396 e. The van der Waals surface area contributed by atoms with Crippen molar-refractivity contribution < 1.29 is 9.90 Å². The Balaban J connectivity index is 2.49. The summed E-state index contributed by atoms with van der Waals surface area (Å²) in [5, 5.41) is 11.9. The van der Waals surface area contributed by atoms with Gasteiger partial charge in [0.2, 0.25) is 5.91 Å². The van der Waals surface area contributed by atoms with Gasteiger partial charge in [0, 0.05) is 13.2 Å². The molecule has 0 atom stereocenters. The van der Waals surface area contributed by atoms with Crippen LogP contribution in [0.25, 0.3) is 0 Å². The van der Waals surface area contributed by atoms with Crippen LogP contribution in [0.3, 0.4) is 0 Å². The highest BCUT2D eigenvalue weighted by atomic mass is 16.3. The maximum absolute atomic E-state index is 11.9. The van der Waals surface area contributed by atoms with Crippen molar-refractivity contribution in [1.29, 1.82) is 0 Å². The Labute approximate surface area is 116 Å². The molecular formula is C16H25NO2. The predicted octanol–water partition coefficient (Wildman–Crippen LogP) is 2.37. The van der Waals surface area contributed by atoms with Crippen molar-refractivity contribution in [1.82, 2.24) is 5.32 Å². The number of aliphatic hydroxyl groups is 1. The second-order valence-electron chi connectivity index (χ2n) is 6.01. The predicted molar refractivity (Wildman–Crippen MR) is 78.1 cm³/mol. The monoisotopic (exact) mass is 263 g/mol. The highest BCUT2D eigenvalue weighted by Crippen LogP contribution is 2.18. The van der Waals surface area contributed by atoms with E-state index >= 15 is 0 Å². The van der Waals surface area contributed by atoms with E-state index in [2.05, 4.69) is 25.2 Å². The standard InChI is InChI=1S/C16H25NO2/c1-12-5-6-14(9-13(12)2)10-15(19)17-11-16(3,4)7-8-18/h5-6,9,18H,7-8,10-11H2,1-4H3,(H,17,19). The normalized spacial score (nSPS) is 11.4. The molecule has 1 aromatic carbocycles. The van der Waals surface area contributed by atoms with Gasteiger partial charge >= 0.3 is 0 Å². The number of aryl methyl sites for hydroxylation is 2. The zero-order valence-electron chi connectivity index (χ0n) is 12.4. The molecule has 0 aromatic heterocycles. The summed E-state index contributed by atoms with van der Waals surface area (Å²) in [6.07, 6.45) is 1.10. The molecule has 3 heteroatoms. The van der Waals surface area contributed by atoms with Gasteiger partial charge < -0.3 is 10.4 Å². The molecule has 0 unspecified atom stereocenters. The lowest BCUT2D eigenvalue weighted by Crippen LogP contribution is -2.35. The number of aliphatic hydroxyl groups excluding tert-OH is 1. The van der Waals surface area contributed by atoms with Gasteiger partial charge in [0.15, 0.2) is 0 Å². The van der Waals surface area contributed by atoms with Gasteiger partial charge in [-0.05, 0) is 42.4 Å². The van der Waals surface area contributed by atoms with Crippen LogP contribution in [0.5, 0.6) is 0 Å². The van der Waals surface area contributed by atoms with E-state index < -0.39 is 0 Å². The lowest BCUT2D eigenvalue weighted by molar-refractivity contribution is -0.120. The van der Waals surface area contributed by atoms with Crippen LogP contribution >= 0.6 is 0 Å². The minimum atomic E-state index is -0.0619. The lowest BCUT2D eigenvalue weighted by atomic mass is 9.89. The van der Waals surface area contributed by atoms with E-state index in [0.717, 1.165) is 5.56 Å². The third-order valence-corrected chi connectivity index (χ3v) is 3.49. The Morgan fingerprint density at radius 3 is 2.53 bits per heavy atom. The average molecular weight is 263 g/mol. The number of rotatable bonds is 6. The van der Waals surface area contributed by atoms with Crippen molar-refractivity contribution in [3.63, 3.8) is 0 Å². The molecule has 3 nitrogen and oxygen atoms in total. The summed E-state index contributed by atoms with van der Waals surface area (Å²) < 4.78 is 0. The number of hydrogen-bond acceptors (Lipinski definition) is 2. The van der Waals surface area contributed by atoms with Crippen molar-refractivity contribution in [2.24, 2.45) is 5.41 Å². The number of hydrogen-bond donors (Lipinski definition) is 2. The van der Waals surface area contributed by atoms with Crippen molar-refractivity contribution in [3.8, 4) is 0 Å². The maximum atomic E-state index is 11.9. The molecule has 1 amide bonds. The zero-order valence-corrected chi connectivity index (χ0v) is 12.4. The van der Waals surface area contributed by atoms with Crippen LogP contribution in [0, 0.1) is 19.3 Å². The van der Waals surface area contributed by atoms with E-state index in [9.17, 15) is 4.79 Å². The van der Waals surface area contributed by atoms with Gasteiger partial charge in [-0.2, -0.15) is 0 Å². The summed E-state index contributed by atoms with van der Waals surface area (Å²) in [7, 11) is 0. The van der Waals surface area contributed by atoms with Crippen LogP contribution in [0.2, 0.25) is 0 Å². The Bertz CT molecular complexity index is 438. The molecule has 106 valence electrons. The molecule has 0 aliphatic carbocycles. The van der Waals surface area contributed by atoms with Crippen LogP contribution in [-0.2, 0) is 11.2 Å². The van der Waals surface area contributed by atoms with Gasteiger partial charge in [-0.25, -0.2) is 0 Å². The van der Waals surface area contributed by atoms with Crippen LogP contribution in [0.15, 0.2) is 18.2 Å². The fourth-order valence-corrected chi connectivity index (χ4v) is 1.89. The van der Waals surface area contributed by atoms with Crippen LogP contribution in [0.4, 0.5) is 0 Å². The summed E-state index contributed by atoms with van der Waals surface area (Å²) >= 11 is 0. The number of amides is 1. The molecule has 0 bridgehead atoms. The fraction of sp³-hybridized carbons (Fsp3) is 0.562. The van der Waals surface area contributed by atoms with E-state index in [0.29, 0.717) is 19.4 Å². The van der Waals surface area contributed by atoms with Crippen molar-refractivity contribution >= 4 is 5.91 Å². The summed E-state index contributed by atoms with van der Waals surface area (Å²) in [6.45, 7) is 8.95. The molecule has 0 saturated heterocycles. The third-order valence-electron chi connectivity index (χ3n) is 3.49. The fourth-order valence-electron chi connectivity index (χ4n) is 1.89. The minimum absolute atomic E-state index is 0.0364. The number of carbonyl (C=O) groups excluding carboxylic acids is 1. The topological polar surface area (TPSA) is 49.3 Å². The summed E-state index contributed by atoms with van der Waals surface area (Å²) in [4.78, 5) is 11.9. The van der Waals surface area contributed by atoms with Crippen LogP contribution < -0.4 is 5.32 Å². The molecule has 0 radical (unpaired) electrons. The van der Waals surface area contributed by atoms with Crippen molar-refractivity contribution in [2.75, 3.05) is 13.2 Å². The van der Waals surface area contributed by atoms with Gasteiger partial charge in [0.1, 0.15) is 0 Å². The number of carbonyl (C=O) groups is 1. The maximum Gasteiger partial charge on any atom is 0.224 e. The molecule has 0 aliphatic rings. The second kappa shape index (κ2) is 6.71. The number of nitrogens with one attached hydrogen (secondary N) is 1. The van der Waals surface area contributed by atoms with Gasteiger partial charge in [-0.3, -0.25) is 4.79 Å². The Kier molecular flexibility index (Phi) is 5.55. The molecule has 19 heavy (non-hydrogen) atoms. The van der Waals surface area contributed by atoms with Gasteiger partial charge in [-0.1, -0.05) is 32.0 Å². The smallest absolute Gasteiger partial charge is 0.224 e. The molecule has 1 aromatic rings. The molecule has 0 fully saturated rings. The summed E-state index contributed by atoms with van der Waals surface area (Å²) in [6, 6.07) is 6.11. The van der Waals surface area contributed by atoms with E-state index in [-0.39, 0.29) is 17.9 Å². The average Bonchev–Trinajstić information content (AvgIpc) is 2.32. The van der Waals surface area contributed by atoms with Gasteiger partial charge in [0.05, 0.1) is 6.42 Å². The first-order valence-electron chi connectivity index (χ1n) is 6.78. The van der Waals surface area contributed by atoms with E-state index in [4.69, 9.17) is 5.11 Å². The number of benzene rings is 1. The minimum Gasteiger partial charge on any atom is -0.396 e. The Hall–Kier alpha value is -1.35. The van der Waals surface area contributed by atoms with Crippen molar-refractivity contribution in [3.05, 3.63) is 34.9 Å². The SMILES string of the molecule is Cc1ccc(CC(=O)NCC(C)(C)CCO)cc1C. The first-order chi connectivity index (χ1) is 8.84. The third kappa shape index (κ3) is 5.43. The van der Waals surface area contributed by atoms with Gasteiger partial charge in [-0.15, -0.1) is 0 Å². The van der Waals surface area contributed by atoms with Crippen LogP contribution in [0.1, 0.15) is 37.0 Å².